The summed E-state index contributed by atoms with van der Waals surface area (Å²) in [5.74, 6) is 4.42. The Labute approximate surface area is 89.9 Å². The molecule has 0 aliphatic rings. The maximum Gasteiger partial charge on any atom is 0.384 e. The number of carbonyl (C=O) groups excluding carboxylic acids is 1. The topological polar surface area (TPSA) is 52.1 Å². The largest absolute Gasteiger partial charge is 0.459 e. The Morgan fingerprint density at radius 2 is 2.40 bits per heavy atom. The van der Waals surface area contributed by atoms with Crippen molar-refractivity contribution < 1.29 is 9.53 Å². The van der Waals surface area contributed by atoms with E-state index < -0.39 is 5.97 Å². The molecule has 0 spiro atoms. The van der Waals surface area contributed by atoms with Gasteiger partial charge in [0.1, 0.15) is 16.9 Å². The number of nitrogens with zero attached hydrogens (tertiary/aromatic N) is 2. The molecule has 0 N–H and O–H groups in total. The zero-order valence-corrected chi connectivity index (χ0v) is 8.67. The summed E-state index contributed by atoms with van der Waals surface area (Å²) in [6.45, 7) is 0. The van der Waals surface area contributed by atoms with Gasteiger partial charge < -0.3 is 4.74 Å². The highest BCUT2D eigenvalue weighted by Crippen LogP contribution is 2.19. The zero-order valence-electron chi connectivity index (χ0n) is 7.85. The molecule has 2 aromatic rings. The number of fused-ring (bicyclic) bond motifs is 1. The molecule has 0 radical (unpaired) electrons. The number of esters is 1. The van der Waals surface area contributed by atoms with Crippen LogP contribution in [0.4, 0.5) is 0 Å². The molecule has 0 aliphatic heterocycles. The summed E-state index contributed by atoms with van der Waals surface area (Å²) in [6.07, 6.45) is 1.43. The van der Waals surface area contributed by atoms with E-state index >= 15 is 0 Å². The van der Waals surface area contributed by atoms with Crippen LogP contribution in [-0.2, 0) is 9.53 Å². The van der Waals surface area contributed by atoms with Crippen LogP contribution in [0.3, 0.4) is 0 Å². The lowest BCUT2D eigenvalue weighted by molar-refractivity contribution is -0.133. The first-order valence-corrected chi connectivity index (χ1v) is 4.97. The standard InChI is InChI=1S/C10H6N2O2S/c1-14-9(13)3-2-8-7-4-5-15-10(7)12-6-11-8/h4-6H,1H3. The molecule has 0 aliphatic carbocycles. The van der Waals surface area contributed by atoms with E-state index in [1.165, 1.54) is 24.8 Å². The molecule has 0 fully saturated rings. The summed E-state index contributed by atoms with van der Waals surface area (Å²) >= 11 is 1.51. The summed E-state index contributed by atoms with van der Waals surface area (Å²) in [4.78, 5) is 19.8. The van der Waals surface area contributed by atoms with Crippen molar-refractivity contribution >= 4 is 27.5 Å². The molecule has 0 bridgehead atoms. The van der Waals surface area contributed by atoms with Crippen molar-refractivity contribution in [2.75, 3.05) is 7.11 Å². The van der Waals surface area contributed by atoms with Gasteiger partial charge in [0.15, 0.2) is 0 Å². The van der Waals surface area contributed by atoms with Crippen molar-refractivity contribution in [3.8, 4) is 11.8 Å². The maximum atomic E-state index is 10.8. The third-order valence-electron chi connectivity index (χ3n) is 1.73. The SMILES string of the molecule is COC(=O)C#Cc1ncnc2sccc12. The van der Waals surface area contributed by atoms with Gasteiger partial charge in [-0.3, -0.25) is 0 Å². The molecule has 0 unspecified atom stereocenters. The van der Waals surface area contributed by atoms with Crippen molar-refractivity contribution in [1.82, 2.24) is 9.97 Å². The van der Waals surface area contributed by atoms with Crippen LogP contribution in [0, 0.1) is 11.8 Å². The van der Waals surface area contributed by atoms with Gasteiger partial charge in [-0.15, -0.1) is 11.3 Å². The van der Waals surface area contributed by atoms with Gasteiger partial charge in [0.25, 0.3) is 0 Å². The fraction of sp³-hybridized carbons (Fsp3) is 0.100. The van der Waals surface area contributed by atoms with Crippen LogP contribution in [0.15, 0.2) is 17.8 Å². The highest BCUT2D eigenvalue weighted by atomic mass is 32.1. The van der Waals surface area contributed by atoms with Crippen LogP contribution in [-0.4, -0.2) is 23.0 Å². The van der Waals surface area contributed by atoms with Gasteiger partial charge in [0, 0.05) is 11.3 Å². The van der Waals surface area contributed by atoms with Crippen molar-refractivity contribution in [3.05, 3.63) is 23.5 Å². The van der Waals surface area contributed by atoms with Crippen LogP contribution in [0.2, 0.25) is 0 Å². The number of hydrogen-bond donors (Lipinski definition) is 0. The van der Waals surface area contributed by atoms with E-state index in [0.717, 1.165) is 10.2 Å². The van der Waals surface area contributed by atoms with E-state index in [2.05, 4.69) is 26.5 Å². The molecule has 0 amide bonds. The van der Waals surface area contributed by atoms with E-state index in [0.29, 0.717) is 5.69 Å². The second-order valence-corrected chi connectivity index (χ2v) is 3.50. The first-order valence-electron chi connectivity index (χ1n) is 4.09. The van der Waals surface area contributed by atoms with Crippen LogP contribution >= 0.6 is 11.3 Å². The predicted molar refractivity (Wildman–Crippen MR) is 56.3 cm³/mol. The minimum absolute atomic E-state index is 0.548. The van der Waals surface area contributed by atoms with Crippen molar-refractivity contribution in [2.24, 2.45) is 0 Å². The number of aromatic nitrogens is 2. The Hall–Kier alpha value is -1.93. The first kappa shape index (κ1) is 9.62. The van der Waals surface area contributed by atoms with Gasteiger partial charge >= 0.3 is 5.97 Å². The lowest BCUT2D eigenvalue weighted by Crippen LogP contribution is -1.95. The monoisotopic (exact) mass is 218 g/mol. The van der Waals surface area contributed by atoms with E-state index in [1.54, 1.807) is 0 Å². The fourth-order valence-electron chi connectivity index (χ4n) is 1.05. The smallest absolute Gasteiger partial charge is 0.384 e. The number of carbonyl (C=O) groups is 1. The Morgan fingerprint density at radius 3 is 3.20 bits per heavy atom. The third kappa shape index (κ3) is 1.95. The molecule has 0 saturated heterocycles. The van der Waals surface area contributed by atoms with Gasteiger partial charge in [-0.25, -0.2) is 14.8 Å². The second-order valence-electron chi connectivity index (χ2n) is 2.60. The Morgan fingerprint density at radius 1 is 1.53 bits per heavy atom. The van der Waals surface area contributed by atoms with Gasteiger partial charge in [0.05, 0.1) is 7.11 Å². The second kappa shape index (κ2) is 4.07. The first-order chi connectivity index (χ1) is 7.31. The molecular weight excluding hydrogens is 212 g/mol. The average Bonchev–Trinajstić information content (AvgIpc) is 2.74. The van der Waals surface area contributed by atoms with Gasteiger partial charge in [-0.2, -0.15) is 0 Å². The summed E-state index contributed by atoms with van der Waals surface area (Å²) in [6, 6.07) is 1.88. The molecule has 4 nitrogen and oxygen atoms in total. The van der Waals surface area contributed by atoms with Crippen molar-refractivity contribution in [1.29, 1.82) is 0 Å². The van der Waals surface area contributed by atoms with Crippen LogP contribution in [0.1, 0.15) is 5.69 Å². The summed E-state index contributed by atoms with van der Waals surface area (Å²) < 4.78 is 4.41. The molecule has 15 heavy (non-hydrogen) atoms. The molecule has 2 heterocycles. The fourth-order valence-corrected chi connectivity index (χ4v) is 1.78. The van der Waals surface area contributed by atoms with Gasteiger partial charge in [0.2, 0.25) is 0 Å². The number of rotatable bonds is 0. The van der Waals surface area contributed by atoms with Crippen LogP contribution < -0.4 is 0 Å². The van der Waals surface area contributed by atoms with Crippen molar-refractivity contribution in [3.63, 3.8) is 0 Å². The molecular formula is C10H6N2O2S. The van der Waals surface area contributed by atoms with Crippen LogP contribution in [0.25, 0.3) is 10.2 Å². The maximum absolute atomic E-state index is 10.8. The Balaban J connectivity index is 2.46. The quantitative estimate of drug-likeness (QED) is 0.492. The predicted octanol–water partition coefficient (Wildman–Crippen LogP) is 1.22. The summed E-state index contributed by atoms with van der Waals surface area (Å²) in [5.41, 5.74) is 0.548. The molecule has 0 atom stereocenters. The molecule has 5 heteroatoms. The average molecular weight is 218 g/mol. The number of thiophene rings is 1. The molecule has 0 aromatic carbocycles. The van der Waals surface area contributed by atoms with E-state index in [4.69, 9.17) is 0 Å². The highest BCUT2D eigenvalue weighted by molar-refractivity contribution is 7.16. The number of hydrogen-bond acceptors (Lipinski definition) is 5. The van der Waals surface area contributed by atoms with E-state index in [-0.39, 0.29) is 0 Å². The van der Waals surface area contributed by atoms with Gasteiger partial charge in [-0.1, -0.05) is 0 Å². The Bertz CT molecular complexity index is 565. The van der Waals surface area contributed by atoms with E-state index in [1.807, 2.05) is 11.4 Å². The molecule has 74 valence electrons. The van der Waals surface area contributed by atoms with E-state index in [9.17, 15) is 4.79 Å². The molecule has 2 aromatic heterocycles. The normalized spacial score (nSPS) is 9.40. The van der Waals surface area contributed by atoms with Gasteiger partial charge in [-0.05, 0) is 17.4 Å². The lowest BCUT2D eigenvalue weighted by Gasteiger charge is -1.91. The zero-order chi connectivity index (χ0) is 10.7. The number of methoxy groups -OCH3 is 1. The minimum Gasteiger partial charge on any atom is -0.459 e. The molecule has 2 rings (SSSR count). The summed E-state index contributed by atoms with van der Waals surface area (Å²) in [5, 5.41) is 2.77. The highest BCUT2D eigenvalue weighted by Gasteiger charge is 2.01. The van der Waals surface area contributed by atoms with Crippen molar-refractivity contribution in [2.45, 2.75) is 0 Å². The summed E-state index contributed by atoms with van der Waals surface area (Å²) in [7, 11) is 1.29. The third-order valence-corrected chi connectivity index (χ3v) is 2.55. The minimum atomic E-state index is -0.572. The molecule has 0 saturated carbocycles. The van der Waals surface area contributed by atoms with Crippen LogP contribution in [0.5, 0.6) is 0 Å². The Kier molecular flexibility index (Phi) is 2.61. The lowest BCUT2D eigenvalue weighted by atomic mass is 10.3. The number of ether oxygens (including phenoxy) is 1.